The maximum atomic E-state index is 5.75. The van der Waals surface area contributed by atoms with Crippen LogP contribution in [0.25, 0.3) is 0 Å². The van der Waals surface area contributed by atoms with Gasteiger partial charge in [0.05, 0.1) is 19.3 Å². The number of benzene rings is 1. The number of rotatable bonds is 2. The quantitative estimate of drug-likeness (QED) is 0.877. The second kappa shape index (κ2) is 4.89. The van der Waals surface area contributed by atoms with Crippen LogP contribution >= 0.6 is 0 Å². The Morgan fingerprint density at radius 3 is 2.79 bits per heavy atom. The first kappa shape index (κ1) is 11.9. The molecule has 1 N–H and O–H groups in total. The number of nitrogens with zero attached hydrogens (tertiary/aromatic N) is 1. The van der Waals surface area contributed by atoms with Crippen molar-refractivity contribution in [2.24, 2.45) is 5.92 Å². The van der Waals surface area contributed by atoms with E-state index < -0.39 is 0 Å². The van der Waals surface area contributed by atoms with Crippen LogP contribution in [0.1, 0.15) is 30.0 Å². The molecule has 1 aromatic rings. The summed E-state index contributed by atoms with van der Waals surface area (Å²) in [5.41, 5.74) is 2.80. The smallest absolute Gasteiger partial charge is 0.0721 e. The Morgan fingerprint density at radius 2 is 2.00 bits per heavy atom. The van der Waals surface area contributed by atoms with E-state index in [-0.39, 0.29) is 0 Å². The lowest BCUT2D eigenvalue weighted by Crippen LogP contribution is -2.57. The first-order valence-corrected chi connectivity index (χ1v) is 7.54. The summed E-state index contributed by atoms with van der Waals surface area (Å²) in [6.45, 7) is 5.43. The van der Waals surface area contributed by atoms with Gasteiger partial charge in [-0.25, -0.2) is 0 Å². The van der Waals surface area contributed by atoms with Crippen LogP contribution in [-0.4, -0.2) is 37.2 Å². The second-order valence-corrected chi connectivity index (χ2v) is 6.18. The van der Waals surface area contributed by atoms with Crippen molar-refractivity contribution in [2.75, 3.05) is 26.2 Å². The van der Waals surface area contributed by atoms with Gasteiger partial charge in [0.2, 0.25) is 0 Å². The molecule has 4 heterocycles. The third kappa shape index (κ3) is 2.20. The second-order valence-electron chi connectivity index (χ2n) is 6.18. The third-order valence-electron chi connectivity index (χ3n) is 5.04. The number of fused-ring (bicyclic) bond motifs is 4. The molecule has 2 atom stereocenters. The summed E-state index contributed by atoms with van der Waals surface area (Å²) in [5, 5.41) is 3.88. The molecule has 5 rings (SSSR count). The fourth-order valence-electron chi connectivity index (χ4n) is 3.93. The van der Waals surface area contributed by atoms with Gasteiger partial charge in [0.1, 0.15) is 0 Å². The van der Waals surface area contributed by atoms with E-state index in [0.29, 0.717) is 12.1 Å². The lowest BCUT2D eigenvalue weighted by molar-refractivity contribution is 0.0394. The molecule has 2 unspecified atom stereocenters. The van der Waals surface area contributed by atoms with E-state index >= 15 is 0 Å². The Balaban J connectivity index is 1.52. The van der Waals surface area contributed by atoms with Crippen LogP contribution in [0.2, 0.25) is 0 Å². The molecule has 3 fully saturated rings. The maximum Gasteiger partial charge on any atom is 0.0721 e. The Kier molecular flexibility index (Phi) is 3.06. The monoisotopic (exact) mass is 258 g/mol. The standard InChI is InChI=1S/C16H22N2O/c1-2-4-14-13(3-1)10-19-11-16(14)17-15-9-18-7-5-12(15)6-8-18/h1-4,12,15-17H,5-11H2. The molecule has 2 bridgehead atoms. The Hall–Kier alpha value is -0.900. The summed E-state index contributed by atoms with van der Waals surface area (Å²) in [6.07, 6.45) is 2.74. The Bertz CT molecular complexity index is 454. The van der Waals surface area contributed by atoms with Crippen molar-refractivity contribution in [2.45, 2.75) is 31.5 Å². The van der Waals surface area contributed by atoms with E-state index in [4.69, 9.17) is 4.74 Å². The van der Waals surface area contributed by atoms with Crippen LogP contribution in [0, 0.1) is 5.92 Å². The molecular formula is C16H22N2O. The first-order chi connectivity index (χ1) is 9.40. The zero-order chi connectivity index (χ0) is 12.7. The SMILES string of the molecule is c1ccc2c(c1)COCC2NC1CN2CCC1CC2. The van der Waals surface area contributed by atoms with Crippen LogP contribution in [0.15, 0.2) is 24.3 Å². The molecule has 0 saturated carbocycles. The van der Waals surface area contributed by atoms with Gasteiger partial charge in [-0.2, -0.15) is 0 Å². The van der Waals surface area contributed by atoms with E-state index in [1.165, 1.54) is 43.6 Å². The van der Waals surface area contributed by atoms with Crippen molar-refractivity contribution < 1.29 is 4.74 Å². The molecular weight excluding hydrogens is 236 g/mol. The van der Waals surface area contributed by atoms with Gasteiger partial charge < -0.3 is 15.0 Å². The first-order valence-electron chi connectivity index (χ1n) is 7.54. The zero-order valence-electron chi connectivity index (χ0n) is 11.3. The molecule has 3 saturated heterocycles. The normalized spacial score (nSPS) is 37.1. The Labute approximate surface area is 114 Å². The number of hydrogen-bond acceptors (Lipinski definition) is 3. The molecule has 19 heavy (non-hydrogen) atoms. The molecule has 3 heteroatoms. The summed E-state index contributed by atoms with van der Waals surface area (Å²) < 4.78 is 5.75. The molecule has 0 radical (unpaired) electrons. The minimum atomic E-state index is 0.385. The molecule has 0 amide bonds. The van der Waals surface area contributed by atoms with Crippen molar-refractivity contribution in [3.05, 3.63) is 35.4 Å². The van der Waals surface area contributed by atoms with Crippen LogP contribution in [0.4, 0.5) is 0 Å². The third-order valence-corrected chi connectivity index (χ3v) is 5.04. The molecule has 4 aliphatic heterocycles. The summed E-state index contributed by atoms with van der Waals surface area (Å²) in [4.78, 5) is 2.60. The van der Waals surface area contributed by atoms with Crippen molar-refractivity contribution in [3.8, 4) is 0 Å². The molecule has 0 aromatic heterocycles. The van der Waals surface area contributed by atoms with Gasteiger partial charge in [-0.05, 0) is 43.0 Å². The van der Waals surface area contributed by atoms with Crippen molar-refractivity contribution in [3.63, 3.8) is 0 Å². The van der Waals surface area contributed by atoms with Gasteiger partial charge in [0.15, 0.2) is 0 Å². The van der Waals surface area contributed by atoms with E-state index in [1.807, 2.05) is 0 Å². The van der Waals surface area contributed by atoms with E-state index in [2.05, 4.69) is 34.5 Å². The van der Waals surface area contributed by atoms with Crippen LogP contribution < -0.4 is 5.32 Å². The highest BCUT2D eigenvalue weighted by Gasteiger charge is 2.35. The molecule has 1 aromatic carbocycles. The number of hydrogen-bond donors (Lipinski definition) is 1. The highest BCUT2D eigenvalue weighted by molar-refractivity contribution is 5.31. The van der Waals surface area contributed by atoms with Gasteiger partial charge in [-0.3, -0.25) is 0 Å². The topological polar surface area (TPSA) is 24.5 Å². The van der Waals surface area contributed by atoms with E-state index in [1.54, 1.807) is 0 Å². The van der Waals surface area contributed by atoms with Gasteiger partial charge in [0, 0.05) is 12.6 Å². The largest absolute Gasteiger partial charge is 0.375 e. The van der Waals surface area contributed by atoms with Gasteiger partial charge in [0.25, 0.3) is 0 Å². The average molecular weight is 258 g/mol. The predicted molar refractivity (Wildman–Crippen MR) is 74.9 cm³/mol. The molecule has 0 aliphatic carbocycles. The predicted octanol–water partition coefficient (Wildman–Crippen LogP) is 1.94. The average Bonchev–Trinajstić information content (AvgIpc) is 2.49. The van der Waals surface area contributed by atoms with Gasteiger partial charge in [-0.1, -0.05) is 24.3 Å². The highest BCUT2D eigenvalue weighted by Crippen LogP contribution is 2.31. The summed E-state index contributed by atoms with van der Waals surface area (Å²) in [5.74, 6) is 0.874. The fourth-order valence-corrected chi connectivity index (χ4v) is 3.93. The molecule has 102 valence electrons. The lowest BCUT2D eigenvalue weighted by Gasteiger charge is -2.46. The van der Waals surface area contributed by atoms with E-state index in [9.17, 15) is 0 Å². The maximum absolute atomic E-state index is 5.75. The molecule has 0 spiro atoms. The van der Waals surface area contributed by atoms with Crippen molar-refractivity contribution in [1.29, 1.82) is 0 Å². The summed E-state index contributed by atoms with van der Waals surface area (Å²) in [7, 11) is 0. The van der Waals surface area contributed by atoms with Crippen molar-refractivity contribution in [1.82, 2.24) is 10.2 Å². The minimum absolute atomic E-state index is 0.385. The highest BCUT2D eigenvalue weighted by atomic mass is 16.5. The number of piperidine rings is 3. The fraction of sp³-hybridized carbons (Fsp3) is 0.625. The summed E-state index contributed by atoms with van der Waals surface area (Å²) in [6, 6.07) is 9.75. The van der Waals surface area contributed by atoms with E-state index in [0.717, 1.165) is 19.1 Å². The lowest BCUT2D eigenvalue weighted by atomic mass is 9.83. The Morgan fingerprint density at radius 1 is 1.16 bits per heavy atom. The number of nitrogens with one attached hydrogen (secondary N) is 1. The van der Waals surface area contributed by atoms with Crippen LogP contribution in [0.5, 0.6) is 0 Å². The summed E-state index contributed by atoms with van der Waals surface area (Å²) >= 11 is 0. The van der Waals surface area contributed by atoms with Crippen LogP contribution in [0.3, 0.4) is 0 Å². The van der Waals surface area contributed by atoms with Crippen molar-refractivity contribution >= 4 is 0 Å². The molecule has 3 nitrogen and oxygen atoms in total. The number of ether oxygens (including phenoxy) is 1. The minimum Gasteiger partial charge on any atom is -0.375 e. The van der Waals surface area contributed by atoms with Crippen LogP contribution in [-0.2, 0) is 11.3 Å². The molecule has 4 aliphatic rings. The zero-order valence-corrected chi connectivity index (χ0v) is 11.3. The van der Waals surface area contributed by atoms with Gasteiger partial charge >= 0.3 is 0 Å². The van der Waals surface area contributed by atoms with Gasteiger partial charge in [-0.15, -0.1) is 0 Å².